The van der Waals surface area contributed by atoms with E-state index in [2.05, 4.69) is 17.2 Å². The molecule has 0 atom stereocenters. The second-order valence-corrected chi connectivity index (χ2v) is 5.31. The topological polar surface area (TPSA) is 78.4 Å². The minimum Gasteiger partial charge on any atom is -0.504 e. The van der Waals surface area contributed by atoms with Crippen molar-refractivity contribution in [3.05, 3.63) is 33.8 Å². The van der Waals surface area contributed by atoms with E-state index in [1.54, 1.807) is 13.8 Å². The summed E-state index contributed by atoms with van der Waals surface area (Å²) in [6.07, 6.45) is 0.0432. The van der Waals surface area contributed by atoms with Crippen molar-refractivity contribution in [3.63, 3.8) is 0 Å². The smallest absolute Gasteiger partial charge is 0.246 e. The Morgan fingerprint density at radius 1 is 1.38 bits per heavy atom. The average molecular weight is 331 g/mol. The molecule has 0 radical (unpaired) electrons. The highest BCUT2D eigenvalue weighted by molar-refractivity contribution is 6.37. The second-order valence-electron chi connectivity index (χ2n) is 4.53. The van der Waals surface area contributed by atoms with Gasteiger partial charge in [-0.3, -0.25) is 9.59 Å². The summed E-state index contributed by atoms with van der Waals surface area (Å²) in [4.78, 5) is 23.0. The van der Waals surface area contributed by atoms with Gasteiger partial charge in [0.2, 0.25) is 11.8 Å². The van der Waals surface area contributed by atoms with Gasteiger partial charge in [-0.05, 0) is 25.5 Å². The van der Waals surface area contributed by atoms with Crippen molar-refractivity contribution < 1.29 is 14.7 Å². The molecule has 7 heteroatoms. The number of amides is 2. The highest BCUT2D eigenvalue weighted by Crippen LogP contribution is 2.38. The molecule has 3 N–H and O–H groups in total. The van der Waals surface area contributed by atoms with Gasteiger partial charge >= 0.3 is 0 Å². The molecule has 0 aliphatic heterocycles. The van der Waals surface area contributed by atoms with Gasteiger partial charge in [-0.25, -0.2) is 0 Å². The molecule has 0 saturated carbocycles. The van der Waals surface area contributed by atoms with Gasteiger partial charge in [-0.15, -0.1) is 0 Å². The Kier molecular flexibility index (Phi) is 6.05. The third kappa shape index (κ3) is 4.65. The summed E-state index contributed by atoms with van der Waals surface area (Å²) in [7, 11) is 0. The summed E-state index contributed by atoms with van der Waals surface area (Å²) in [6, 6.07) is 1.42. The van der Waals surface area contributed by atoms with Crippen molar-refractivity contribution in [2.45, 2.75) is 20.3 Å². The number of nitrogens with one attached hydrogen (secondary N) is 2. The van der Waals surface area contributed by atoms with Gasteiger partial charge in [0.25, 0.3) is 0 Å². The second kappa shape index (κ2) is 7.33. The lowest BCUT2D eigenvalue weighted by Crippen LogP contribution is -2.27. The predicted molar refractivity (Wildman–Crippen MR) is 83.9 cm³/mol. The van der Waals surface area contributed by atoms with Crippen LogP contribution in [0.3, 0.4) is 0 Å². The average Bonchev–Trinajstić information content (AvgIpc) is 2.42. The van der Waals surface area contributed by atoms with Crippen LogP contribution in [0.15, 0.2) is 18.2 Å². The number of hydrogen-bond acceptors (Lipinski definition) is 3. The zero-order chi connectivity index (χ0) is 16.2. The number of carbonyl (C=O) groups excluding carboxylic acids is 2. The summed E-state index contributed by atoms with van der Waals surface area (Å²) >= 11 is 11.8. The standard InChI is InChI=1S/C14H16Cl2N2O3/c1-7(2)14(21)17-5-4-11(19)18-10-6-9(15)8(3)12(16)13(10)20/h6,20H,1,4-5H2,2-3H3,(H,17,21)(H,18,19). The Morgan fingerprint density at radius 2 is 2.00 bits per heavy atom. The monoisotopic (exact) mass is 330 g/mol. The number of benzene rings is 1. The summed E-state index contributed by atoms with van der Waals surface area (Å²) in [5.74, 6) is -0.937. The van der Waals surface area contributed by atoms with E-state index < -0.39 is 0 Å². The van der Waals surface area contributed by atoms with E-state index in [1.807, 2.05) is 0 Å². The van der Waals surface area contributed by atoms with Crippen LogP contribution in [-0.4, -0.2) is 23.5 Å². The molecule has 0 aromatic heterocycles. The first-order chi connectivity index (χ1) is 9.73. The van der Waals surface area contributed by atoms with Crippen LogP contribution in [0.25, 0.3) is 0 Å². The lowest BCUT2D eigenvalue weighted by molar-refractivity contribution is -0.118. The Morgan fingerprint density at radius 3 is 2.57 bits per heavy atom. The van der Waals surface area contributed by atoms with Crippen molar-refractivity contribution in [1.82, 2.24) is 5.32 Å². The van der Waals surface area contributed by atoms with Crippen LogP contribution in [-0.2, 0) is 9.59 Å². The first-order valence-electron chi connectivity index (χ1n) is 6.15. The predicted octanol–water partition coefficient (Wildman–Crippen LogP) is 3.03. The highest BCUT2D eigenvalue weighted by Gasteiger charge is 2.14. The molecule has 0 heterocycles. The zero-order valence-corrected chi connectivity index (χ0v) is 13.2. The molecule has 1 aromatic carbocycles. The van der Waals surface area contributed by atoms with E-state index in [-0.39, 0.29) is 41.2 Å². The Labute approximate surface area is 132 Å². The van der Waals surface area contributed by atoms with E-state index in [9.17, 15) is 14.7 Å². The molecule has 5 nitrogen and oxygen atoms in total. The maximum atomic E-state index is 11.7. The van der Waals surface area contributed by atoms with Crippen molar-refractivity contribution in [1.29, 1.82) is 0 Å². The fraction of sp³-hybridized carbons (Fsp3) is 0.286. The fourth-order valence-electron chi connectivity index (χ4n) is 1.45. The quantitative estimate of drug-likeness (QED) is 0.573. The van der Waals surface area contributed by atoms with Crippen LogP contribution >= 0.6 is 23.2 Å². The van der Waals surface area contributed by atoms with Gasteiger partial charge in [-0.2, -0.15) is 0 Å². The first kappa shape index (κ1) is 17.3. The highest BCUT2D eigenvalue weighted by atomic mass is 35.5. The molecule has 0 bridgehead atoms. The summed E-state index contributed by atoms with van der Waals surface area (Å²) in [5, 5.41) is 15.3. The molecular formula is C14H16Cl2N2O3. The van der Waals surface area contributed by atoms with E-state index in [0.29, 0.717) is 16.2 Å². The molecule has 0 fully saturated rings. The number of phenolic OH excluding ortho intramolecular Hbond substituents is 1. The molecule has 1 rings (SSSR count). The maximum Gasteiger partial charge on any atom is 0.246 e. The fourth-order valence-corrected chi connectivity index (χ4v) is 1.91. The van der Waals surface area contributed by atoms with Gasteiger partial charge in [-0.1, -0.05) is 29.8 Å². The Hall–Kier alpha value is -1.72. The molecule has 21 heavy (non-hydrogen) atoms. The van der Waals surface area contributed by atoms with Crippen LogP contribution in [0.2, 0.25) is 10.0 Å². The summed E-state index contributed by atoms with van der Waals surface area (Å²) in [5.41, 5.74) is 1.03. The molecule has 0 unspecified atom stereocenters. The molecule has 2 amide bonds. The molecule has 114 valence electrons. The van der Waals surface area contributed by atoms with Crippen LogP contribution in [0.5, 0.6) is 5.75 Å². The zero-order valence-electron chi connectivity index (χ0n) is 11.7. The third-order valence-corrected chi connectivity index (χ3v) is 3.58. The molecule has 0 aliphatic rings. The van der Waals surface area contributed by atoms with Crippen LogP contribution < -0.4 is 10.6 Å². The summed E-state index contributed by atoms with van der Waals surface area (Å²) < 4.78 is 0. The SMILES string of the molecule is C=C(C)C(=O)NCCC(=O)Nc1cc(Cl)c(C)c(Cl)c1O. The lowest BCUT2D eigenvalue weighted by Gasteiger charge is -2.12. The number of hydrogen-bond donors (Lipinski definition) is 3. The number of anilines is 1. The van der Waals surface area contributed by atoms with Crippen molar-refractivity contribution in [3.8, 4) is 5.75 Å². The van der Waals surface area contributed by atoms with Crippen molar-refractivity contribution >= 4 is 40.7 Å². The van der Waals surface area contributed by atoms with Crippen LogP contribution in [0.1, 0.15) is 18.9 Å². The van der Waals surface area contributed by atoms with Crippen molar-refractivity contribution in [2.24, 2.45) is 0 Å². The van der Waals surface area contributed by atoms with E-state index >= 15 is 0 Å². The van der Waals surface area contributed by atoms with Gasteiger partial charge < -0.3 is 15.7 Å². The van der Waals surface area contributed by atoms with E-state index in [1.165, 1.54) is 6.07 Å². The van der Waals surface area contributed by atoms with Crippen molar-refractivity contribution in [2.75, 3.05) is 11.9 Å². The van der Waals surface area contributed by atoms with Gasteiger partial charge in [0.05, 0.1) is 10.7 Å². The van der Waals surface area contributed by atoms with Gasteiger partial charge in [0, 0.05) is 23.6 Å². The minimum atomic E-state index is -0.386. The summed E-state index contributed by atoms with van der Waals surface area (Å²) in [6.45, 7) is 6.87. The lowest BCUT2D eigenvalue weighted by atomic mass is 10.2. The van der Waals surface area contributed by atoms with Crippen LogP contribution in [0.4, 0.5) is 5.69 Å². The minimum absolute atomic E-state index is 0.0432. The van der Waals surface area contributed by atoms with Crippen LogP contribution in [0, 0.1) is 6.92 Å². The molecule has 0 spiro atoms. The Balaban J connectivity index is 2.64. The van der Waals surface area contributed by atoms with E-state index in [0.717, 1.165) is 0 Å². The molecule has 1 aromatic rings. The number of aromatic hydroxyl groups is 1. The number of halogens is 2. The Bertz CT molecular complexity index is 600. The van der Waals surface area contributed by atoms with E-state index in [4.69, 9.17) is 23.2 Å². The van der Waals surface area contributed by atoms with Gasteiger partial charge in [0.15, 0.2) is 5.75 Å². The maximum absolute atomic E-state index is 11.7. The number of phenols is 1. The number of rotatable bonds is 5. The third-order valence-electron chi connectivity index (χ3n) is 2.72. The normalized spacial score (nSPS) is 10.1. The molecular weight excluding hydrogens is 315 g/mol. The van der Waals surface area contributed by atoms with Gasteiger partial charge in [0.1, 0.15) is 0 Å². The number of carbonyl (C=O) groups is 2. The largest absolute Gasteiger partial charge is 0.504 e. The first-order valence-corrected chi connectivity index (χ1v) is 6.90. The molecule has 0 saturated heterocycles. The molecule has 0 aliphatic carbocycles.